The molecule has 0 aromatic heterocycles. The van der Waals surface area contributed by atoms with Crippen LogP contribution in [0.4, 0.5) is 0 Å². The average molecular weight is 269 g/mol. The number of carbonyl (C=O) groups is 1. The molecule has 0 saturated carbocycles. The van der Waals surface area contributed by atoms with Crippen molar-refractivity contribution < 1.29 is 19.0 Å². The summed E-state index contributed by atoms with van der Waals surface area (Å²) in [7, 11) is 0. The molecule has 0 radical (unpaired) electrons. The van der Waals surface area contributed by atoms with Crippen molar-refractivity contribution in [3.8, 4) is 6.07 Å². The monoisotopic (exact) mass is 269 g/mol. The molecule has 0 amide bonds. The third-order valence-electron chi connectivity index (χ3n) is 3.71. The first-order valence-electron chi connectivity index (χ1n) is 6.94. The minimum Gasteiger partial charge on any atom is -0.465 e. The van der Waals surface area contributed by atoms with Gasteiger partial charge in [-0.05, 0) is 13.3 Å². The summed E-state index contributed by atoms with van der Waals surface area (Å²) < 4.78 is 16.8. The molecule has 0 bridgehead atoms. The fourth-order valence-corrected chi connectivity index (χ4v) is 2.75. The summed E-state index contributed by atoms with van der Waals surface area (Å²) in [4.78, 5) is 12.4. The Bertz CT molecular complexity index is 344. The molecule has 1 heterocycles. The minimum absolute atomic E-state index is 0.0440. The van der Waals surface area contributed by atoms with Crippen LogP contribution in [0.3, 0.4) is 0 Å². The van der Waals surface area contributed by atoms with E-state index >= 15 is 0 Å². The molecule has 0 aliphatic carbocycles. The van der Waals surface area contributed by atoms with Crippen molar-refractivity contribution in [1.29, 1.82) is 5.26 Å². The van der Waals surface area contributed by atoms with E-state index in [4.69, 9.17) is 19.5 Å². The van der Waals surface area contributed by atoms with E-state index in [0.717, 1.165) is 6.42 Å². The van der Waals surface area contributed by atoms with Crippen LogP contribution < -0.4 is 0 Å². The van der Waals surface area contributed by atoms with Gasteiger partial charge in [-0.25, -0.2) is 0 Å². The largest absolute Gasteiger partial charge is 0.465 e. The maximum absolute atomic E-state index is 12.4. The van der Waals surface area contributed by atoms with Crippen LogP contribution in [0, 0.1) is 16.7 Å². The van der Waals surface area contributed by atoms with Crippen molar-refractivity contribution in [1.82, 2.24) is 0 Å². The molecule has 5 heteroatoms. The minimum atomic E-state index is -1.04. The van der Waals surface area contributed by atoms with Crippen LogP contribution in [0.15, 0.2) is 0 Å². The zero-order chi connectivity index (χ0) is 14.4. The van der Waals surface area contributed by atoms with Gasteiger partial charge in [0.1, 0.15) is 5.41 Å². The van der Waals surface area contributed by atoms with Gasteiger partial charge in [0.05, 0.1) is 32.3 Å². The van der Waals surface area contributed by atoms with Gasteiger partial charge in [0.15, 0.2) is 5.79 Å². The summed E-state index contributed by atoms with van der Waals surface area (Å²) in [5, 5.41) is 9.12. The van der Waals surface area contributed by atoms with Gasteiger partial charge < -0.3 is 14.2 Å². The van der Waals surface area contributed by atoms with E-state index in [9.17, 15) is 4.79 Å². The Kier molecular flexibility index (Phi) is 5.77. The van der Waals surface area contributed by atoms with E-state index in [0.29, 0.717) is 26.1 Å². The highest BCUT2D eigenvalue weighted by Gasteiger charge is 2.60. The molecule has 1 unspecified atom stereocenters. The average Bonchev–Trinajstić information content (AvgIpc) is 2.86. The second kappa shape index (κ2) is 6.88. The molecule has 1 rings (SSSR count). The van der Waals surface area contributed by atoms with E-state index in [-0.39, 0.29) is 13.0 Å². The summed E-state index contributed by atoms with van der Waals surface area (Å²) in [5.41, 5.74) is -1.04. The van der Waals surface area contributed by atoms with Gasteiger partial charge in [0.2, 0.25) is 0 Å². The maximum Gasteiger partial charge on any atom is 0.318 e. The summed E-state index contributed by atoms with van der Waals surface area (Å²) >= 11 is 0. The quantitative estimate of drug-likeness (QED) is 0.664. The molecule has 0 aromatic carbocycles. The fraction of sp³-hybridized carbons (Fsp3) is 0.857. The van der Waals surface area contributed by atoms with Crippen LogP contribution in [-0.2, 0) is 19.0 Å². The van der Waals surface area contributed by atoms with Gasteiger partial charge >= 0.3 is 5.97 Å². The second-order valence-electron chi connectivity index (χ2n) is 4.69. The van der Waals surface area contributed by atoms with Gasteiger partial charge in [0, 0.05) is 6.42 Å². The molecule has 5 nitrogen and oxygen atoms in total. The van der Waals surface area contributed by atoms with Crippen molar-refractivity contribution in [2.24, 2.45) is 5.41 Å². The normalized spacial score (nSPS) is 20.5. The highest BCUT2D eigenvalue weighted by atomic mass is 16.7. The number of rotatable bonds is 7. The standard InChI is InChI=1S/C14H23NO4/c1-4-7-14(18-10-11-19-14)13(5-2,8-9-15)12(16)17-6-3/h4-8,10-11H2,1-3H3. The lowest BCUT2D eigenvalue weighted by Crippen LogP contribution is -2.54. The Morgan fingerprint density at radius 3 is 2.42 bits per heavy atom. The number of nitrogens with zero attached hydrogens (tertiary/aromatic N) is 1. The fourth-order valence-electron chi connectivity index (χ4n) is 2.75. The predicted octanol–water partition coefficient (Wildman–Crippen LogP) is 2.40. The Balaban J connectivity index is 3.19. The van der Waals surface area contributed by atoms with Gasteiger partial charge in [-0.3, -0.25) is 4.79 Å². The van der Waals surface area contributed by atoms with Crippen molar-refractivity contribution in [2.75, 3.05) is 19.8 Å². The van der Waals surface area contributed by atoms with E-state index in [2.05, 4.69) is 6.07 Å². The third-order valence-corrected chi connectivity index (χ3v) is 3.71. The zero-order valence-electron chi connectivity index (χ0n) is 12.0. The molecule has 0 N–H and O–H groups in total. The Labute approximate surface area is 114 Å². The maximum atomic E-state index is 12.4. The molecule has 0 aromatic rings. The van der Waals surface area contributed by atoms with Crippen molar-refractivity contribution >= 4 is 5.97 Å². The molecule has 1 aliphatic heterocycles. The van der Waals surface area contributed by atoms with Crippen molar-refractivity contribution in [3.05, 3.63) is 0 Å². The van der Waals surface area contributed by atoms with Crippen LogP contribution in [-0.4, -0.2) is 31.6 Å². The molecule has 1 atom stereocenters. The summed E-state index contributed by atoms with van der Waals surface area (Å²) in [6, 6.07) is 2.10. The van der Waals surface area contributed by atoms with Crippen LogP contribution >= 0.6 is 0 Å². The summed E-state index contributed by atoms with van der Waals surface area (Å²) in [5.74, 6) is -1.41. The highest BCUT2D eigenvalue weighted by Crippen LogP contribution is 2.47. The van der Waals surface area contributed by atoms with Crippen molar-refractivity contribution in [3.63, 3.8) is 0 Å². The van der Waals surface area contributed by atoms with Gasteiger partial charge in [0.25, 0.3) is 0 Å². The van der Waals surface area contributed by atoms with Crippen LogP contribution in [0.1, 0.15) is 46.5 Å². The number of carbonyl (C=O) groups excluding carboxylic acids is 1. The third kappa shape index (κ3) is 2.75. The molecule has 1 aliphatic rings. The molecule has 0 spiro atoms. The first-order chi connectivity index (χ1) is 9.12. The highest BCUT2D eigenvalue weighted by molar-refractivity contribution is 5.78. The molecule has 1 saturated heterocycles. The van der Waals surface area contributed by atoms with Gasteiger partial charge in [-0.2, -0.15) is 5.26 Å². The molecular weight excluding hydrogens is 246 g/mol. The number of nitriles is 1. The first kappa shape index (κ1) is 15.9. The molecule has 19 heavy (non-hydrogen) atoms. The Hall–Kier alpha value is -1.12. The van der Waals surface area contributed by atoms with Gasteiger partial charge in [-0.15, -0.1) is 0 Å². The number of hydrogen-bond donors (Lipinski definition) is 0. The van der Waals surface area contributed by atoms with E-state index < -0.39 is 17.2 Å². The molecule has 108 valence electrons. The van der Waals surface area contributed by atoms with E-state index in [1.807, 2.05) is 13.8 Å². The van der Waals surface area contributed by atoms with E-state index in [1.54, 1.807) is 6.92 Å². The smallest absolute Gasteiger partial charge is 0.318 e. The summed E-state index contributed by atoms with van der Waals surface area (Å²) in [6.45, 7) is 6.82. The van der Waals surface area contributed by atoms with Crippen LogP contribution in [0.2, 0.25) is 0 Å². The topological polar surface area (TPSA) is 68.6 Å². The number of esters is 1. The molecular formula is C14H23NO4. The Morgan fingerprint density at radius 1 is 1.37 bits per heavy atom. The van der Waals surface area contributed by atoms with Gasteiger partial charge in [-0.1, -0.05) is 20.3 Å². The lowest BCUT2D eigenvalue weighted by Gasteiger charge is -2.43. The SMILES string of the molecule is CCCC1(C(CC)(CC#N)C(=O)OCC)OCCO1. The molecule has 1 fully saturated rings. The predicted molar refractivity (Wildman–Crippen MR) is 69.1 cm³/mol. The summed E-state index contributed by atoms with van der Waals surface area (Å²) in [6.07, 6.45) is 1.90. The second-order valence-corrected chi connectivity index (χ2v) is 4.69. The number of hydrogen-bond acceptors (Lipinski definition) is 5. The lowest BCUT2D eigenvalue weighted by atomic mass is 9.72. The Morgan fingerprint density at radius 2 is 2.00 bits per heavy atom. The van der Waals surface area contributed by atoms with E-state index in [1.165, 1.54) is 0 Å². The zero-order valence-corrected chi connectivity index (χ0v) is 12.0. The van der Waals surface area contributed by atoms with Crippen LogP contribution in [0.5, 0.6) is 0 Å². The van der Waals surface area contributed by atoms with Crippen molar-refractivity contribution in [2.45, 2.75) is 52.2 Å². The van der Waals surface area contributed by atoms with Crippen LogP contribution in [0.25, 0.3) is 0 Å². The first-order valence-corrected chi connectivity index (χ1v) is 6.94. The number of ether oxygens (including phenoxy) is 3. The lowest BCUT2D eigenvalue weighted by molar-refractivity contribution is -0.248.